The Balaban J connectivity index is 0.769. The summed E-state index contributed by atoms with van der Waals surface area (Å²) in [6.07, 6.45) is 5.53. The fourth-order valence-electron chi connectivity index (χ4n) is 10.6. The highest BCUT2D eigenvalue weighted by Gasteiger charge is 2.63. The Morgan fingerprint density at radius 1 is 0.883 bits per heavy atom. The number of aromatic nitrogens is 1. The number of hydrogen-bond acceptors (Lipinski definition) is 11. The number of pyridine rings is 1. The van der Waals surface area contributed by atoms with Crippen molar-refractivity contribution < 1.29 is 28.7 Å². The Morgan fingerprint density at radius 3 is 2.25 bits per heavy atom. The van der Waals surface area contributed by atoms with Crippen LogP contribution in [0.25, 0.3) is 0 Å². The lowest BCUT2D eigenvalue weighted by atomic mass is 9.44. The molecule has 60 heavy (non-hydrogen) atoms. The zero-order valence-corrected chi connectivity index (χ0v) is 35.5. The molecule has 4 fully saturated rings. The lowest BCUT2D eigenvalue weighted by Gasteiger charge is -2.63. The van der Waals surface area contributed by atoms with Crippen molar-refractivity contribution in [1.29, 1.82) is 5.26 Å². The highest BCUT2D eigenvalue weighted by Crippen LogP contribution is 2.61. The van der Waals surface area contributed by atoms with Crippen molar-refractivity contribution in [3.63, 3.8) is 0 Å². The molecule has 5 aliphatic rings. The van der Waals surface area contributed by atoms with Gasteiger partial charge in [0.25, 0.3) is 11.8 Å². The minimum absolute atomic E-state index is 0.0804. The highest BCUT2D eigenvalue weighted by atomic mass is 35.5. The Morgan fingerprint density at radius 2 is 1.60 bits per heavy atom. The number of piperazine rings is 1. The number of Topliss-reactive ketones (excluding diaryl/α,β-unsaturated/α-hetero) is 1. The third kappa shape index (κ3) is 7.76. The van der Waals surface area contributed by atoms with Gasteiger partial charge in [-0.1, -0.05) is 39.3 Å². The number of rotatable bonds is 11. The number of carbonyl (C=O) groups is 5. The number of halogens is 1. The smallest absolute Gasteiger partial charge is 0.262 e. The molecular formula is C46H52ClN7O6. The van der Waals surface area contributed by atoms with Gasteiger partial charge in [0.1, 0.15) is 29.8 Å². The van der Waals surface area contributed by atoms with Crippen molar-refractivity contribution >= 4 is 52.5 Å². The lowest BCUT2D eigenvalue weighted by Crippen LogP contribution is -2.66. The van der Waals surface area contributed by atoms with Crippen LogP contribution < -0.4 is 19.9 Å². The van der Waals surface area contributed by atoms with Crippen LogP contribution in [0.5, 0.6) is 5.75 Å². The van der Waals surface area contributed by atoms with Crippen LogP contribution >= 0.6 is 11.6 Å². The monoisotopic (exact) mass is 833 g/mol. The molecule has 0 radical (unpaired) electrons. The third-order valence-electron chi connectivity index (χ3n) is 13.9. The van der Waals surface area contributed by atoms with Crippen LogP contribution in [0.4, 0.5) is 11.5 Å². The first-order chi connectivity index (χ1) is 28.6. The van der Waals surface area contributed by atoms with Gasteiger partial charge in [-0.3, -0.25) is 39.1 Å². The molecule has 2 aromatic carbocycles. The minimum atomic E-state index is -0.972. The first-order valence-corrected chi connectivity index (χ1v) is 21.5. The number of ketones is 1. The number of fused-ring (bicyclic) bond motifs is 1. The Kier molecular flexibility index (Phi) is 11.2. The van der Waals surface area contributed by atoms with E-state index in [0.29, 0.717) is 45.4 Å². The number of carbonyl (C=O) groups excluding carboxylic acids is 5. The Hall–Kier alpha value is -5.32. The first kappa shape index (κ1) is 41.4. The maximum Gasteiger partial charge on any atom is 0.262 e. The molecule has 1 aliphatic carbocycles. The van der Waals surface area contributed by atoms with Crippen LogP contribution in [0, 0.1) is 34.0 Å². The summed E-state index contributed by atoms with van der Waals surface area (Å²) in [5.74, 6) is 0.362. The fraction of sp³-hybridized carbons (Fsp3) is 0.500. The third-order valence-corrected chi connectivity index (χ3v) is 14.2. The number of piperidine rings is 2. The topological polar surface area (TPSA) is 156 Å². The van der Waals surface area contributed by atoms with Crippen molar-refractivity contribution in [2.45, 2.75) is 78.4 Å². The highest BCUT2D eigenvalue weighted by molar-refractivity contribution is 6.31. The zero-order chi connectivity index (χ0) is 42.5. The van der Waals surface area contributed by atoms with Crippen molar-refractivity contribution in [2.75, 3.05) is 55.6 Å². The maximum absolute atomic E-state index is 13.6. The number of benzene rings is 2. The number of nitriles is 1. The van der Waals surface area contributed by atoms with Crippen molar-refractivity contribution in [2.24, 2.45) is 22.7 Å². The molecule has 0 spiro atoms. The average molecular weight is 834 g/mol. The van der Waals surface area contributed by atoms with Gasteiger partial charge >= 0.3 is 0 Å². The average Bonchev–Trinajstić information content (AvgIpc) is 3.49. The molecule has 4 amide bonds. The van der Waals surface area contributed by atoms with E-state index >= 15 is 0 Å². The number of ether oxygens (including phenoxy) is 1. The van der Waals surface area contributed by atoms with Crippen LogP contribution in [0.1, 0.15) is 103 Å². The summed E-state index contributed by atoms with van der Waals surface area (Å²) in [6, 6.07) is 15.5. The van der Waals surface area contributed by atoms with Gasteiger partial charge < -0.3 is 14.5 Å². The summed E-state index contributed by atoms with van der Waals surface area (Å²) in [7, 11) is 0. The van der Waals surface area contributed by atoms with E-state index < -0.39 is 29.7 Å². The SMILES string of the molecule is CC1(C)C(CC(=O)c2ccc(N3CCC(CCN4CCN(c5ccc6c(c5)C(=O)N(C5CCC(=O)NC5=O)C6=O)CC4)CC3)nc2)C(C)(C)C1Oc1ccc(C#N)c(Cl)c1. The number of amides is 4. The Labute approximate surface area is 356 Å². The molecule has 1 saturated carbocycles. The predicted molar refractivity (Wildman–Crippen MR) is 226 cm³/mol. The zero-order valence-electron chi connectivity index (χ0n) is 34.7. The molecular weight excluding hydrogens is 782 g/mol. The number of anilines is 2. The van der Waals surface area contributed by atoms with Gasteiger partial charge in [0.15, 0.2) is 5.78 Å². The van der Waals surface area contributed by atoms with E-state index in [1.54, 1.807) is 36.5 Å². The number of hydrogen-bond donors (Lipinski definition) is 1. The second-order valence-electron chi connectivity index (χ2n) is 18.2. The van der Waals surface area contributed by atoms with Crippen LogP contribution in [0.2, 0.25) is 5.02 Å². The molecule has 8 rings (SSSR count). The number of imide groups is 2. The summed E-state index contributed by atoms with van der Waals surface area (Å²) in [5.41, 5.74) is 2.01. The van der Waals surface area contributed by atoms with E-state index in [1.165, 1.54) is 0 Å². The minimum Gasteiger partial charge on any atom is -0.489 e. The molecule has 1 N–H and O–H groups in total. The molecule has 14 heteroatoms. The van der Waals surface area contributed by atoms with Gasteiger partial charge in [0, 0.05) is 86.5 Å². The molecule has 13 nitrogen and oxygen atoms in total. The molecule has 5 heterocycles. The van der Waals surface area contributed by atoms with Crippen LogP contribution in [0.15, 0.2) is 54.7 Å². The fourth-order valence-corrected chi connectivity index (χ4v) is 10.8. The van der Waals surface area contributed by atoms with Crippen molar-refractivity contribution in [1.82, 2.24) is 20.1 Å². The number of nitrogens with one attached hydrogen (secondary N) is 1. The summed E-state index contributed by atoms with van der Waals surface area (Å²) in [6.45, 7) is 14.9. The van der Waals surface area contributed by atoms with Crippen molar-refractivity contribution in [3.8, 4) is 11.8 Å². The van der Waals surface area contributed by atoms with Gasteiger partial charge in [-0.05, 0) is 86.5 Å². The molecule has 3 aromatic rings. The molecule has 4 aliphatic heterocycles. The van der Waals surface area contributed by atoms with Gasteiger partial charge in [0.05, 0.1) is 21.7 Å². The van der Waals surface area contributed by atoms with E-state index in [4.69, 9.17) is 21.3 Å². The molecule has 1 atom stereocenters. The quantitative estimate of drug-likeness (QED) is 0.175. The van der Waals surface area contributed by atoms with E-state index in [2.05, 4.69) is 53.8 Å². The van der Waals surface area contributed by atoms with Crippen LogP contribution in [-0.4, -0.2) is 102 Å². The summed E-state index contributed by atoms with van der Waals surface area (Å²) >= 11 is 6.26. The Bertz CT molecular complexity index is 2240. The summed E-state index contributed by atoms with van der Waals surface area (Å²) < 4.78 is 6.41. The normalized spacial score (nSPS) is 24.1. The molecule has 1 unspecified atom stereocenters. The largest absolute Gasteiger partial charge is 0.489 e. The first-order valence-electron chi connectivity index (χ1n) is 21.1. The van der Waals surface area contributed by atoms with Crippen molar-refractivity contribution in [3.05, 3.63) is 82.0 Å². The van der Waals surface area contributed by atoms with E-state index in [9.17, 15) is 29.2 Å². The van der Waals surface area contributed by atoms with Crippen LogP contribution in [-0.2, 0) is 9.59 Å². The number of nitrogens with zero attached hydrogens (tertiary/aromatic N) is 6. The van der Waals surface area contributed by atoms with Gasteiger partial charge in [-0.2, -0.15) is 5.26 Å². The van der Waals surface area contributed by atoms with Crippen LogP contribution in [0.3, 0.4) is 0 Å². The molecule has 314 valence electrons. The van der Waals surface area contributed by atoms with E-state index in [0.717, 1.165) is 81.5 Å². The van der Waals surface area contributed by atoms with Gasteiger partial charge in [-0.15, -0.1) is 0 Å². The van der Waals surface area contributed by atoms with E-state index in [1.807, 2.05) is 18.2 Å². The second-order valence-corrected chi connectivity index (χ2v) is 18.6. The van der Waals surface area contributed by atoms with E-state index in [-0.39, 0.29) is 41.5 Å². The molecule has 0 bridgehead atoms. The van der Waals surface area contributed by atoms with Gasteiger partial charge in [-0.25, -0.2) is 4.98 Å². The molecule has 3 saturated heterocycles. The standard InChI is InChI=1S/C46H52ClN7O6/c1-45(2)38(46(3,4)44(45)60-32-8-5-29(26-48)35(47)24-32)25-37(55)30-6-11-39(49-27-30)53-17-14-28(15-18-53)13-16-51-19-21-52(22-20-51)31-7-9-33-34(23-31)43(59)54(42(33)58)36-10-12-40(56)50-41(36)57/h5-9,11,23-24,27-28,36,38,44H,10,12-22,25H2,1-4H3,(H,50,56,57). The molecule has 1 aromatic heterocycles. The lowest BCUT2D eigenvalue weighted by molar-refractivity contribution is -0.196. The predicted octanol–water partition coefficient (Wildman–Crippen LogP) is 6.14. The summed E-state index contributed by atoms with van der Waals surface area (Å²) in [4.78, 5) is 76.9. The maximum atomic E-state index is 13.6. The van der Waals surface area contributed by atoms with Gasteiger partial charge in [0.2, 0.25) is 11.8 Å². The second kappa shape index (κ2) is 16.3. The summed E-state index contributed by atoms with van der Waals surface area (Å²) in [5, 5.41) is 11.8.